The Hall–Kier alpha value is -3.86. The standard InChI is InChI=1S/C24H23N5O5S/c1-24(2)10-16-20(19(32)11-24)21(14-5-8-17(30)18(31)9-14)28-22(25-16)26-23(27-28)35-12-13-3-6-15(7-4-13)29(33)34/h3-10,20-21,30-31H,11-12H2,1-2H3,(H,25,26,27)/t20-,21-/m0/s1. The fourth-order valence-electron chi connectivity index (χ4n) is 4.59. The van der Waals surface area contributed by atoms with Crippen LogP contribution in [0.1, 0.15) is 37.4 Å². The summed E-state index contributed by atoms with van der Waals surface area (Å²) >= 11 is 1.37. The van der Waals surface area contributed by atoms with Crippen molar-refractivity contribution in [1.82, 2.24) is 14.8 Å². The predicted molar refractivity (Wildman–Crippen MR) is 129 cm³/mol. The second kappa shape index (κ2) is 8.42. The Balaban J connectivity index is 1.50. The summed E-state index contributed by atoms with van der Waals surface area (Å²) in [5.41, 5.74) is 1.98. The molecule has 180 valence electrons. The summed E-state index contributed by atoms with van der Waals surface area (Å²) < 4.78 is 1.65. The highest BCUT2D eigenvalue weighted by Crippen LogP contribution is 2.46. The Kier molecular flexibility index (Phi) is 5.51. The molecule has 0 unspecified atom stereocenters. The Labute approximate surface area is 204 Å². The molecule has 11 heteroatoms. The minimum Gasteiger partial charge on any atom is -0.504 e. The van der Waals surface area contributed by atoms with Gasteiger partial charge >= 0.3 is 0 Å². The van der Waals surface area contributed by atoms with Crippen LogP contribution in [0.25, 0.3) is 0 Å². The summed E-state index contributed by atoms with van der Waals surface area (Å²) in [7, 11) is 0. The molecule has 2 aromatic carbocycles. The largest absolute Gasteiger partial charge is 0.504 e. The van der Waals surface area contributed by atoms with Crippen LogP contribution in [0.15, 0.2) is 59.4 Å². The van der Waals surface area contributed by atoms with Crippen molar-refractivity contribution in [1.29, 1.82) is 0 Å². The van der Waals surface area contributed by atoms with Crippen LogP contribution in [0.3, 0.4) is 0 Å². The number of nitrogens with one attached hydrogen (secondary N) is 1. The van der Waals surface area contributed by atoms with E-state index in [9.17, 15) is 25.1 Å². The van der Waals surface area contributed by atoms with Crippen LogP contribution in [0.4, 0.5) is 11.6 Å². The monoisotopic (exact) mass is 493 g/mol. The van der Waals surface area contributed by atoms with Crippen LogP contribution < -0.4 is 5.32 Å². The summed E-state index contributed by atoms with van der Waals surface area (Å²) in [6.07, 6.45) is 2.42. The summed E-state index contributed by atoms with van der Waals surface area (Å²) in [5, 5.41) is 39.2. The van der Waals surface area contributed by atoms with Crippen molar-refractivity contribution in [2.45, 2.75) is 37.2 Å². The van der Waals surface area contributed by atoms with Gasteiger partial charge in [-0.25, -0.2) is 4.68 Å². The zero-order valence-electron chi connectivity index (χ0n) is 19.0. The second-order valence-electron chi connectivity index (χ2n) is 9.40. The Morgan fingerprint density at radius 2 is 1.94 bits per heavy atom. The molecule has 2 heterocycles. The molecule has 2 atom stereocenters. The lowest BCUT2D eigenvalue weighted by atomic mass is 9.72. The van der Waals surface area contributed by atoms with Gasteiger partial charge < -0.3 is 15.5 Å². The molecule has 0 bridgehead atoms. The number of fused-ring (bicyclic) bond motifs is 2. The number of Topliss-reactive ketones (excluding diaryl/α,β-unsaturated/α-hetero) is 1. The molecule has 2 aliphatic rings. The van der Waals surface area contributed by atoms with Gasteiger partial charge in [0.1, 0.15) is 5.78 Å². The topological polar surface area (TPSA) is 143 Å². The Morgan fingerprint density at radius 1 is 1.20 bits per heavy atom. The number of benzene rings is 2. The number of nitro benzene ring substituents is 1. The third kappa shape index (κ3) is 4.34. The van der Waals surface area contributed by atoms with Crippen LogP contribution in [0.5, 0.6) is 11.5 Å². The van der Waals surface area contributed by atoms with E-state index in [0.717, 1.165) is 11.3 Å². The lowest BCUT2D eigenvalue weighted by molar-refractivity contribution is -0.384. The number of carbonyl (C=O) groups is 1. The van der Waals surface area contributed by atoms with E-state index in [1.54, 1.807) is 22.9 Å². The van der Waals surface area contributed by atoms with Crippen molar-refractivity contribution in [3.8, 4) is 11.5 Å². The Bertz CT molecular complexity index is 1370. The molecule has 1 aliphatic carbocycles. The highest BCUT2D eigenvalue weighted by atomic mass is 32.2. The number of aromatic nitrogens is 3. The number of anilines is 1. The van der Waals surface area contributed by atoms with Gasteiger partial charge in [-0.3, -0.25) is 14.9 Å². The first-order valence-electron chi connectivity index (χ1n) is 11.0. The number of non-ortho nitro benzene ring substituents is 1. The highest BCUT2D eigenvalue weighted by Gasteiger charge is 2.45. The fraction of sp³-hybridized carbons (Fsp3) is 0.292. The first-order valence-corrected chi connectivity index (χ1v) is 12.0. The second-order valence-corrected chi connectivity index (χ2v) is 10.3. The number of nitrogens with zero attached hydrogens (tertiary/aromatic N) is 4. The summed E-state index contributed by atoms with van der Waals surface area (Å²) in [6, 6.07) is 10.3. The van der Waals surface area contributed by atoms with Gasteiger partial charge in [-0.05, 0) is 28.7 Å². The van der Waals surface area contributed by atoms with E-state index in [1.165, 1.54) is 36.0 Å². The lowest BCUT2D eigenvalue weighted by Crippen LogP contribution is -2.42. The molecule has 0 amide bonds. The fourth-order valence-corrected chi connectivity index (χ4v) is 5.37. The van der Waals surface area contributed by atoms with Crippen molar-refractivity contribution >= 4 is 29.2 Å². The van der Waals surface area contributed by atoms with E-state index in [0.29, 0.717) is 28.8 Å². The summed E-state index contributed by atoms with van der Waals surface area (Å²) in [6.45, 7) is 4.00. The van der Waals surface area contributed by atoms with Gasteiger partial charge in [0.05, 0.1) is 16.9 Å². The first kappa shape index (κ1) is 22.9. The molecule has 35 heavy (non-hydrogen) atoms. The molecule has 1 aromatic heterocycles. The normalized spacial score (nSPS) is 20.4. The molecule has 0 spiro atoms. The van der Waals surface area contributed by atoms with E-state index in [1.807, 2.05) is 19.9 Å². The zero-order valence-corrected chi connectivity index (χ0v) is 19.8. The van der Waals surface area contributed by atoms with Crippen LogP contribution >= 0.6 is 11.8 Å². The summed E-state index contributed by atoms with van der Waals surface area (Å²) in [5.74, 6) is -0.0175. The maximum absolute atomic E-state index is 13.3. The number of ketones is 1. The van der Waals surface area contributed by atoms with E-state index >= 15 is 0 Å². The van der Waals surface area contributed by atoms with Gasteiger partial charge in [0, 0.05) is 30.0 Å². The first-order chi connectivity index (χ1) is 16.6. The van der Waals surface area contributed by atoms with Gasteiger partial charge in [-0.2, -0.15) is 4.98 Å². The number of allylic oxidation sites excluding steroid dienone is 2. The number of hydrogen-bond donors (Lipinski definition) is 3. The predicted octanol–water partition coefficient (Wildman–Crippen LogP) is 4.40. The lowest BCUT2D eigenvalue weighted by Gasteiger charge is -2.40. The maximum Gasteiger partial charge on any atom is 0.269 e. The van der Waals surface area contributed by atoms with Crippen molar-refractivity contribution in [2.24, 2.45) is 11.3 Å². The number of carbonyl (C=O) groups excluding carboxylic acids is 1. The van der Waals surface area contributed by atoms with Crippen LogP contribution in [-0.2, 0) is 10.5 Å². The van der Waals surface area contributed by atoms with E-state index < -0.39 is 16.9 Å². The minimum absolute atomic E-state index is 0.0296. The van der Waals surface area contributed by atoms with Crippen molar-refractivity contribution in [2.75, 3.05) is 5.32 Å². The number of phenols is 2. The molecule has 1 aliphatic heterocycles. The van der Waals surface area contributed by atoms with Gasteiger partial charge in [0.2, 0.25) is 11.1 Å². The average Bonchev–Trinajstić information content (AvgIpc) is 3.20. The molecule has 3 N–H and O–H groups in total. The van der Waals surface area contributed by atoms with Gasteiger partial charge in [-0.1, -0.05) is 49.9 Å². The average molecular weight is 494 g/mol. The van der Waals surface area contributed by atoms with Gasteiger partial charge in [0.15, 0.2) is 11.5 Å². The quantitative estimate of drug-likeness (QED) is 0.204. The van der Waals surface area contributed by atoms with Crippen LogP contribution in [-0.4, -0.2) is 35.7 Å². The third-order valence-corrected chi connectivity index (χ3v) is 7.07. The molecule has 0 fully saturated rings. The van der Waals surface area contributed by atoms with E-state index in [-0.39, 0.29) is 28.4 Å². The smallest absolute Gasteiger partial charge is 0.269 e. The molecular formula is C24H23N5O5S. The number of hydrogen-bond acceptors (Lipinski definition) is 9. The number of aromatic hydroxyl groups is 2. The van der Waals surface area contributed by atoms with Crippen molar-refractivity contribution < 1.29 is 19.9 Å². The van der Waals surface area contributed by atoms with Crippen molar-refractivity contribution in [3.05, 3.63) is 75.5 Å². The zero-order chi connectivity index (χ0) is 24.9. The molecule has 0 saturated heterocycles. The molecule has 3 aromatic rings. The van der Waals surface area contributed by atoms with Crippen molar-refractivity contribution in [3.63, 3.8) is 0 Å². The van der Waals surface area contributed by atoms with E-state index in [2.05, 4.69) is 15.4 Å². The highest BCUT2D eigenvalue weighted by molar-refractivity contribution is 7.98. The number of phenolic OH excluding ortho intramolecular Hbond substituents is 2. The molecule has 0 radical (unpaired) electrons. The minimum atomic E-state index is -0.547. The molecule has 5 rings (SSSR count). The van der Waals surface area contributed by atoms with Gasteiger partial charge in [0.25, 0.3) is 5.69 Å². The molecule has 0 saturated carbocycles. The maximum atomic E-state index is 13.3. The van der Waals surface area contributed by atoms with Crippen LogP contribution in [0, 0.1) is 21.4 Å². The SMILES string of the molecule is CC1(C)C=C2Nc3nc(SCc4ccc([N+](=O)[O-])cc4)nn3[C@@H](c3ccc(O)c(O)c3)[C@@H]2C(=O)C1. The number of rotatable bonds is 5. The number of nitro groups is 1. The van der Waals surface area contributed by atoms with Crippen LogP contribution in [0.2, 0.25) is 0 Å². The number of thioether (sulfide) groups is 1. The van der Waals surface area contributed by atoms with Gasteiger partial charge in [-0.15, -0.1) is 5.10 Å². The third-order valence-electron chi connectivity index (χ3n) is 6.16. The molecular weight excluding hydrogens is 470 g/mol. The van der Waals surface area contributed by atoms with E-state index in [4.69, 9.17) is 0 Å². The Morgan fingerprint density at radius 3 is 2.63 bits per heavy atom. The summed E-state index contributed by atoms with van der Waals surface area (Å²) in [4.78, 5) is 28.3. The molecule has 10 nitrogen and oxygen atoms in total.